The molecule has 1 amide bonds. The molecule has 0 atom stereocenters. The third-order valence-corrected chi connectivity index (χ3v) is 4.82. The highest BCUT2D eigenvalue weighted by Gasteiger charge is 2.19. The maximum atomic E-state index is 12.0. The van der Waals surface area contributed by atoms with E-state index in [9.17, 15) is 4.79 Å². The molecule has 1 aliphatic rings. The number of amides is 1. The van der Waals surface area contributed by atoms with Gasteiger partial charge in [0.15, 0.2) is 0 Å². The van der Waals surface area contributed by atoms with E-state index in [1.807, 2.05) is 6.07 Å². The lowest BCUT2D eigenvalue weighted by Gasteiger charge is -2.23. The zero-order valence-corrected chi connectivity index (χ0v) is 13.2. The van der Waals surface area contributed by atoms with E-state index >= 15 is 0 Å². The van der Waals surface area contributed by atoms with Crippen molar-refractivity contribution in [3.05, 3.63) is 21.9 Å². The molecule has 0 spiro atoms. The maximum Gasteiger partial charge on any atom is 0.261 e. The number of hydrogen-bond acceptors (Lipinski definition) is 4. The molecule has 4 nitrogen and oxygen atoms in total. The van der Waals surface area contributed by atoms with Crippen molar-refractivity contribution < 1.29 is 9.90 Å². The van der Waals surface area contributed by atoms with Gasteiger partial charge in [0.25, 0.3) is 5.91 Å². The van der Waals surface area contributed by atoms with E-state index < -0.39 is 0 Å². The SMILES string of the molecule is CN(CCNC(=O)c1ccc(C#CCO)s1)C1CCCC1. The van der Waals surface area contributed by atoms with Crippen LogP contribution in [0.5, 0.6) is 0 Å². The van der Waals surface area contributed by atoms with Gasteiger partial charge in [0.05, 0.1) is 9.75 Å². The van der Waals surface area contributed by atoms with Crippen molar-refractivity contribution in [1.29, 1.82) is 0 Å². The number of nitrogens with zero attached hydrogens (tertiary/aromatic N) is 1. The third-order valence-electron chi connectivity index (χ3n) is 3.82. The molecular formula is C16H22N2O2S. The van der Waals surface area contributed by atoms with Crippen LogP contribution in [0.3, 0.4) is 0 Å². The minimum Gasteiger partial charge on any atom is -0.384 e. The monoisotopic (exact) mass is 306 g/mol. The summed E-state index contributed by atoms with van der Waals surface area (Å²) in [6.45, 7) is 1.40. The number of carbonyl (C=O) groups is 1. The van der Waals surface area contributed by atoms with Gasteiger partial charge in [-0.25, -0.2) is 0 Å². The normalized spacial score (nSPS) is 15.0. The van der Waals surface area contributed by atoms with Crippen LogP contribution in [-0.2, 0) is 0 Å². The van der Waals surface area contributed by atoms with Gasteiger partial charge in [0, 0.05) is 19.1 Å². The minimum atomic E-state index is -0.160. The third kappa shape index (κ3) is 4.85. The van der Waals surface area contributed by atoms with E-state index in [1.54, 1.807) is 6.07 Å². The lowest BCUT2D eigenvalue weighted by Crippen LogP contribution is -2.37. The first-order chi connectivity index (χ1) is 10.2. The molecule has 1 aliphatic carbocycles. The number of hydrogen-bond donors (Lipinski definition) is 2. The van der Waals surface area contributed by atoms with Crippen molar-refractivity contribution in [3.8, 4) is 11.8 Å². The van der Waals surface area contributed by atoms with Crippen LogP contribution in [0.4, 0.5) is 0 Å². The number of carbonyl (C=O) groups excluding carboxylic acids is 1. The van der Waals surface area contributed by atoms with Crippen molar-refractivity contribution >= 4 is 17.2 Å². The highest BCUT2D eigenvalue weighted by molar-refractivity contribution is 7.14. The van der Waals surface area contributed by atoms with E-state index in [0.717, 1.165) is 11.4 Å². The molecule has 1 aromatic rings. The van der Waals surface area contributed by atoms with Crippen molar-refractivity contribution in [2.24, 2.45) is 0 Å². The molecule has 0 unspecified atom stereocenters. The lowest BCUT2D eigenvalue weighted by molar-refractivity contribution is 0.0951. The van der Waals surface area contributed by atoms with Gasteiger partial charge in [0.2, 0.25) is 0 Å². The Bertz CT molecular complexity index is 524. The van der Waals surface area contributed by atoms with Gasteiger partial charge in [-0.05, 0) is 32.0 Å². The fraction of sp³-hybridized carbons (Fsp3) is 0.562. The van der Waals surface area contributed by atoms with Gasteiger partial charge in [-0.1, -0.05) is 24.7 Å². The van der Waals surface area contributed by atoms with Gasteiger partial charge in [-0.3, -0.25) is 4.79 Å². The molecule has 0 aliphatic heterocycles. The average molecular weight is 306 g/mol. The number of likely N-dealkylation sites (N-methyl/N-ethyl adjacent to an activating group) is 1. The molecule has 5 heteroatoms. The Hall–Kier alpha value is -1.35. The molecule has 2 rings (SSSR count). The van der Waals surface area contributed by atoms with Gasteiger partial charge >= 0.3 is 0 Å². The fourth-order valence-electron chi connectivity index (χ4n) is 2.61. The Morgan fingerprint density at radius 1 is 1.48 bits per heavy atom. The Balaban J connectivity index is 1.75. The highest BCUT2D eigenvalue weighted by Crippen LogP contribution is 2.21. The number of thiophene rings is 1. The minimum absolute atomic E-state index is 0.0446. The summed E-state index contributed by atoms with van der Waals surface area (Å²) in [4.78, 5) is 15.8. The Morgan fingerprint density at radius 2 is 2.24 bits per heavy atom. The molecule has 0 aromatic carbocycles. The molecule has 114 valence electrons. The van der Waals surface area contributed by atoms with Crippen LogP contribution in [0, 0.1) is 11.8 Å². The van der Waals surface area contributed by atoms with Crippen LogP contribution in [0.25, 0.3) is 0 Å². The first kappa shape index (κ1) is 16.0. The number of aliphatic hydroxyl groups excluding tert-OH is 1. The van der Waals surface area contributed by atoms with Crippen LogP contribution in [0.15, 0.2) is 12.1 Å². The predicted octanol–water partition coefficient (Wildman–Crippen LogP) is 1.70. The molecule has 0 radical (unpaired) electrons. The summed E-state index contributed by atoms with van der Waals surface area (Å²) < 4.78 is 0. The highest BCUT2D eigenvalue weighted by atomic mass is 32.1. The van der Waals surface area contributed by atoms with Gasteiger partial charge < -0.3 is 15.3 Å². The van der Waals surface area contributed by atoms with Crippen molar-refractivity contribution in [2.45, 2.75) is 31.7 Å². The molecule has 1 aromatic heterocycles. The zero-order chi connectivity index (χ0) is 15.1. The van der Waals surface area contributed by atoms with Crippen molar-refractivity contribution in [2.75, 3.05) is 26.7 Å². The predicted molar refractivity (Wildman–Crippen MR) is 85.5 cm³/mol. The summed E-state index contributed by atoms with van der Waals surface area (Å²) in [6, 6.07) is 4.28. The van der Waals surface area contributed by atoms with Crippen molar-refractivity contribution in [1.82, 2.24) is 10.2 Å². The largest absolute Gasteiger partial charge is 0.384 e. The molecule has 0 bridgehead atoms. The molecule has 1 fully saturated rings. The summed E-state index contributed by atoms with van der Waals surface area (Å²) >= 11 is 1.35. The topological polar surface area (TPSA) is 52.6 Å². The molecule has 1 saturated carbocycles. The van der Waals surface area contributed by atoms with E-state index in [-0.39, 0.29) is 12.5 Å². The van der Waals surface area contributed by atoms with Gasteiger partial charge in [-0.2, -0.15) is 0 Å². The van der Waals surface area contributed by atoms with E-state index in [4.69, 9.17) is 5.11 Å². The summed E-state index contributed by atoms with van der Waals surface area (Å²) in [5, 5.41) is 11.6. The number of nitrogens with one attached hydrogen (secondary N) is 1. The second-order valence-corrected chi connectivity index (χ2v) is 6.38. The average Bonchev–Trinajstić information content (AvgIpc) is 3.16. The standard InChI is InChI=1S/C16H22N2O2S/c1-18(13-5-2-3-6-13)11-10-17-16(20)15-9-8-14(21-15)7-4-12-19/h8-9,13,19H,2-3,5-6,10-12H2,1H3,(H,17,20). The molecule has 2 N–H and O–H groups in total. The van der Waals surface area contributed by atoms with Crippen LogP contribution in [-0.4, -0.2) is 48.7 Å². The van der Waals surface area contributed by atoms with Gasteiger partial charge in [0.1, 0.15) is 6.61 Å². The second kappa shape index (κ2) is 8.18. The number of rotatable bonds is 5. The van der Waals surface area contributed by atoms with E-state index in [2.05, 4.69) is 29.1 Å². The summed E-state index contributed by atoms with van der Waals surface area (Å²) in [7, 11) is 2.13. The summed E-state index contributed by atoms with van der Waals surface area (Å²) in [5.74, 6) is 5.35. The molecule has 21 heavy (non-hydrogen) atoms. The first-order valence-electron chi connectivity index (χ1n) is 7.38. The quantitative estimate of drug-likeness (QED) is 0.814. The van der Waals surface area contributed by atoms with Crippen LogP contribution >= 0.6 is 11.3 Å². The first-order valence-corrected chi connectivity index (χ1v) is 8.20. The van der Waals surface area contributed by atoms with Crippen LogP contribution in [0.2, 0.25) is 0 Å². The van der Waals surface area contributed by atoms with Crippen LogP contribution < -0.4 is 5.32 Å². The fourth-order valence-corrected chi connectivity index (χ4v) is 3.41. The van der Waals surface area contributed by atoms with E-state index in [1.165, 1.54) is 37.0 Å². The smallest absolute Gasteiger partial charge is 0.261 e. The second-order valence-electron chi connectivity index (χ2n) is 5.30. The molecule has 1 heterocycles. The Labute approximate surface area is 130 Å². The molecular weight excluding hydrogens is 284 g/mol. The van der Waals surface area contributed by atoms with Gasteiger partial charge in [-0.15, -0.1) is 11.3 Å². The lowest BCUT2D eigenvalue weighted by atomic mass is 10.2. The van der Waals surface area contributed by atoms with Crippen LogP contribution in [0.1, 0.15) is 40.2 Å². The summed E-state index contributed by atoms with van der Waals surface area (Å²) in [6.07, 6.45) is 5.22. The number of aliphatic hydroxyl groups is 1. The Morgan fingerprint density at radius 3 is 2.95 bits per heavy atom. The van der Waals surface area contributed by atoms with Crippen molar-refractivity contribution in [3.63, 3.8) is 0 Å². The maximum absolute atomic E-state index is 12.0. The Kier molecular flexibility index (Phi) is 6.24. The zero-order valence-electron chi connectivity index (χ0n) is 12.4. The summed E-state index contributed by atoms with van der Waals surface area (Å²) in [5.41, 5.74) is 0. The van der Waals surface area contributed by atoms with E-state index in [0.29, 0.717) is 17.5 Å². The molecule has 0 saturated heterocycles.